The predicted octanol–water partition coefficient (Wildman–Crippen LogP) is 6.42. The summed E-state index contributed by atoms with van der Waals surface area (Å²) in [6.07, 6.45) is 3.86. The van der Waals surface area contributed by atoms with Crippen molar-refractivity contribution in [3.05, 3.63) is 142 Å². The van der Waals surface area contributed by atoms with Gasteiger partial charge in [0.2, 0.25) is 11.8 Å². The van der Waals surface area contributed by atoms with Crippen LogP contribution in [0, 0.1) is 35.4 Å². The van der Waals surface area contributed by atoms with Crippen LogP contribution in [0.5, 0.6) is 11.5 Å². The molecule has 3 fully saturated rings. The SMILES string of the molecule is O=C(O)c1cccc(N2C(=O)[C@H]3[C@H](CC=C4[C@H](C5=COc6ccc(O)cc6C5)[C@]5(c6ccc(Cl)cc6)C(=O)N(Nc6ccc(F)cc6)C(=O)[C@@H]5C[C@H]43)C2=O)c1. The number of nitrogens with zero attached hydrogens (tertiary/aromatic N) is 2. The topological polar surface area (TPSA) is 154 Å². The van der Waals surface area contributed by atoms with Crippen LogP contribution < -0.4 is 15.1 Å². The van der Waals surface area contributed by atoms with Crippen LogP contribution in [0.1, 0.15) is 34.3 Å². The number of allylic oxidation sites excluding steroid dienone is 3. The predicted molar refractivity (Wildman–Crippen MR) is 196 cm³/mol. The highest BCUT2D eigenvalue weighted by Gasteiger charge is 2.70. The van der Waals surface area contributed by atoms with E-state index in [4.69, 9.17) is 16.3 Å². The molecule has 3 aliphatic heterocycles. The zero-order chi connectivity index (χ0) is 38.3. The molecule has 9 rings (SSSR count). The van der Waals surface area contributed by atoms with Crippen LogP contribution in [0.15, 0.2) is 114 Å². The molecule has 0 spiro atoms. The normalized spacial score (nSPS) is 26.7. The second-order valence-corrected chi connectivity index (χ2v) is 15.0. The van der Waals surface area contributed by atoms with E-state index in [1.807, 2.05) is 6.08 Å². The van der Waals surface area contributed by atoms with Gasteiger partial charge in [-0.25, -0.2) is 9.18 Å². The molecule has 3 N–H and O–H groups in total. The van der Waals surface area contributed by atoms with E-state index >= 15 is 4.79 Å². The van der Waals surface area contributed by atoms with Crippen molar-refractivity contribution in [2.45, 2.75) is 24.7 Å². The number of aromatic carboxylic acids is 1. The number of carboxylic acid groups (broad SMARTS) is 1. The van der Waals surface area contributed by atoms with Gasteiger partial charge in [-0.1, -0.05) is 41.4 Å². The van der Waals surface area contributed by atoms with Gasteiger partial charge >= 0.3 is 5.97 Å². The van der Waals surface area contributed by atoms with Gasteiger partial charge in [-0.15, -0.1) is 0 Å². The molecule has 4 amide bonds. The number of imide groups is 2. The molecular weight excluding hydrogens is 729 g/mol. The highest BCUT2D eigenvalue weighted by atomic mass is 35.5. The van der Waals surface area contributed by atoms with Gasteiger partial charge in [0.1, 0.15) is 17.3 Å². The number of nitrogens with one attached hydrogen (secondary N) is 1. The van der Waals surface area contributed by atoms with E-state index in [1.54, 1.807) is 42.7 Å². The second kappa shape index (κ2) is 12.7. The molecule has 1 saturated carbocycles. The van der Waals surface area contributed by atoms with Crippen molar-refractivity contribution in [3.8, 4) is 11.5 Å². The Morgan fingerprint density at radius 3 is 2.42 bits per heavy atom. The van der Waals surface area contributed by atoms with Crippen LogP contribution in [0.3, 0.4) is 0 Å². The molecule has 2 aliphatic carbocycles. The zero-order valence-electron chi connectivity index (χ0n) is 28.8. The average molecular weight is 760 g/mol. The lowest BCUT2D eigenvalue weighted by Crippen LogP contribution is -2.55. The number of benzene rings is 4. The van der Waals surface area contributed by atoms with E-state index in [2.05, 4.69) is 5.43 Å². The Morgan fingerprint density at radius 2 is 1.67 bits per heavy atom. The van der Waals surface area contributed by atoms with E-state index in [9.17, 15) is 33.8 Å². The number of ether oxygens (including phenoxy) is 1. The van der Waals surface area contributed by atoms with Crippen LogP contribution in [0.2, 0.25) is 5.02 Å². The van der Waals surface area contributed by atoms with Crippen LogP contribution in [-0.4, -0.2) is 44.8 Å². The molecule has 11 nitrogen and oxygen atoms in total. The standard InChI is InChI=1S/C42H31ClFN3O8/c43-25-6-4-24(5-7-25)42-33(38(50)47(41(42)54)45-27-10-8-26(44)9-11-27)19-32-30(36(42)23-16-22-18-29(48)12-15-34(22)55-20-23)13-14-31-35(32)39(51)46(37(31)49)28-3-1-2-21(17-28)40(52)53/h1-13,15,17-18,20,31-33,35-36,45,48H,14,16,19H2,(H,52,53)/t31-,32+,33-,35-,36-,42+/m0/s1. The van der Waals surface area contributed by atoms with E-state index in [1.165, 1.54) is 54.6 Å². The van der Waals surface area contributed by atoms with Gasteiger partial charge in [0.25, 0.3) is 11.8 Å². The number of hydrogen-bond donors (Lipinski definition) is 3. The van der Waals surface area contributed by atoms with Crippen molar-refractivity contribution in [1.29, 1.82) is 0 Å². The van der Waals surface area contributed by atoms with E-state index in [-0.39, 0.29) is 36.3 Å². The summed E-state index contributed by atoms with van der Waals surface area (Å²) in [6, 6.07) is 22.3. The monoisotopic (exact) mass is 759 g/mol. The third-order valence-electron chi connectivity index (χ3n) is 11.8. The van der Waals surface area contributed by atoms with Gasteiger partial charge in [-0.05, 0) is 103 Å². The first-order valence-electron chi connectivity index (χ1n) is 17.7. The van der Waals surface area contributed by atoms with Crippen molar-refractivity contribution in [3.63, 3.8) is 0 Å². The Labute approximate surface area is 318 Å². The molecule has 3 heterocycles. The van der Waals surface area contributed by atoms with Gasteiger partial charge in [0.15, 0.2) is 0 Å². The molecule has 4 aromatic carbocycles. The molecule has 4 aromatic rings. The third-order valence-corrected chi connectivity index (χ3v) is 12.0. The van der Waals surface area contributed by atoms with Gasteiger partial charge < -0.3 is 14.9 Å². The van der Waals surface area contributed by atoms with Gasteiger partial charge in [0, 0.05) is 22.9 Å². The Morgan fingerprint density at radius 1 is 0.909 bits per heavy atom. The summed E-state index contributed by atoms with van der Waals surface area (Å²) in [5.41, 5.74) is 4.11. The number of phenols is 1. The molecule has 0 aromatic heterocycles. The number of carbonyl (C=O) groups is 5. The first-order chi connectivity index (χ1) is 26.5. The minimum Gasteiger partial charge on any atom is -0.508 e. The Kier molecular flexibility index (Phi) is 7.94. The Balaban J connectivity index is 1.22. The lowest BCUT2D eigenvalue weighted by Gasteiger charge is -2.51. The molecule has 5 aliphatic rings. The summed E-state index contributed by atoms with van der Waals surface area (Å²) in [7, 11) is 0. The fourth-order valence-corrected chi connectivity index (χ4v) is 9.63. The van der Waals surface area contributed by atoms with E-state index in [0.717, 1.165) is 9.91 Å². The first kappa shape index (κ1) is 34.5. The number of aromatic hydroxyl groups is 1. The molecule has 55 heavy (non-hydrogen) atoms. The minimum absolute atomic E-state index is 0.0130. The maximum Gasteiger partial charge on any atom is 0.335 e. The Bertz CT molecular complexity index is 2410. The molecule has 276 valence electrons. The maximum atomic E-state index is 15.3. The molecule has 0 bridgehead atoms. The number of phenolic OH excluding ortho intramolecular Hbond substituents is 1. The van der Waals surface area contributed by atoms with Crippen molar-refractivity contribution in [2.24, 2.45) is 29.6 Å². The summed E-state index contributed by atoms with van der Waals surface area (Å²) in [5.74, 6) is -7.70. The molecule has 2 saturated heterocycles. The van der Waals surface area contributed by atoms with Crippen molar-refractivity contribution < 1.29 is 43.3 Å². The fraction of sp³-hybridized carbons (Fsp3) is 0.214. The highest BCUT2D eigenvalue weighted by Crippen LogP contribution is 2.63. The number of fused-ring (bicyclic) bond motifs is 5. The Hall–Kier alpha value is -6.27. The van der Waals surface area contributed by atoms with Crippen molar-refractivity contribution >= 4 is 52.6 Å². The highest BCUT2D eigenvalue weighted by molar-refractivity contribution is 6.30. The quantitative estimate of drug-likeness (QED) is 0.149. The number of anilines is 2. The zero-order valence-corrected chi connectivity index (χ0v) is 29.6. The molecular formula is C42H31ClFN3O8. The second-order valence-electron chi connectivity index (χ2n) is 14.5. The molecule has 6 atom stereocenters. The van der Waals surface area contributed by atoms with Crippen LogP contribution in [0.25, 0.3) is 0 Å². The average Bonchev–Trinajstić information content (AvgIpc) is 3.56. The van der Waals surface area contributed by atoms with Crippen molar-refractivity contribution in [1.82, 2.24) is 5.01 Å². The summed E-state index contributed by atoms with van der Waals surface area (Å²) >= 11 is 6.38. The number of rotatable bonds is 6. The third kappa shape index (κ3) is 5.19. The first-order valence-corrected chi connectivity index (χ1v) is 18.1. The number of hydrazine groups is 1. The van der Waals surface area contributed by atoms with Crippen molar-refractivity contribution in [2.75, 3.05) is 10.3 Å². The molecule has 13 heteroatoms. The van der Waals surface area contributed by atoms with E-state index in [0.29, 0.717) is 38.7 Å². The molecule has 0 radical (unpaired) electrons. The van der Waals surface area contributed by atoms with Gasteiger partial charge in [-0.3, -0.25) is 29.5 Å². The van der Waals surface area contributed by atoms with Gasteiger partial charge in [0.05, 0.1) is 46.4 Å². The number of amides is 4. The van der Waals surface area contributed by atoms with Gasteiger partial charge in [-0.2, -0.15) is 5.01 Å². The lowest BCUT2D eigenvalue weighted by atomic mass is 9.48. The summed E-state index contributed by atoms with van der Waals surface area (Å²) in [5, 5.41) is 21.4. The number of halogens is 2. The van der Waals surface area contributed by atoms with E-state index < -0.39 is 70.4 Å². The smallest absolute Gasteiger partial charge is 0.335 e. The number of hydrogen-bond acceptors (Lipinski definition) is 8. The van der Waals surface area contributed by atoms with Crippen LogP contribution in [-0.2, 0) is 31.0 Å². The number of carbonyl (C=O) groups excluding carboxylic acids is 4. The largest absolute Gasteiger partial charge is 0.508 e. The minimum atomic E-state index is -1.60. The summed E-state index contributed by atoms with van der Waals surface area (Å²) < 4.78 is 20.1. The lowest BCUT2D eigenvalue weighted by molar-refractivity contribution is -0.139. The summed E-state index contributed by atoms with van der Waals surface area (Å²) in [6.45, 7) is 0. The maximum absolute atomic E-state index is 15.3. The summed E-state index contributed by atoms with van der Waals surface area (Å²) in [4.78, 5) is 71.7. The molecule has 0 unspecified atom stereocenters. The number of carboxylic acids is 1. The van der Waals surface area contributed by atoms with Crippen LogP contribution in [0.4, 0.5) is 15.8 Å². The fourth-order valence-electron chi connectivity index (χ4n) is 9.50. The van der Waals surface area contributed by atoms with Crippen LogP contribution >= 0.6 is 11.6 Å².